The highest BCUT2D eigenvalue weighted by Gasteiger charge is 2.13. The first kappa shape index (κ1) is 20.0. The molecule has 0 bridgehead atoms. The SMILES string of the molecule is C=C(Br)COc1cc(Br)c(Br)cc1OCC(O)CNC(C)C. The quantitative estimate of drug-likeness (QED) is 0.531. The molecule has 0 aliphatic heterocycles. The molecule has 2 N–H and O–H groups in total. The summed E-state index contributed by atoms with van der Waals surface area (Å²) in [4.78, 5) is 0. The van der Waals surface area contributed by atoms with Gasteiger partial charge in [0.05, 0.1) is 0 Å². The van der Waals surface area contributed by atoms with Crippen molar-refractivity contribution in [1.29, 1.82) is 0 Å². The second-order valence-corrected chi connectivity index (χ2v) is 7.88. The molecule has 22 heavy (non-hydrogen) atoms. The van der Waals surface area contributed by atoms with Crippen LogP contribution in [-0.2, 0) is 0 Å². The number of rotatable bonds is 9. The molecule has 1 aromatic carbocycles. The van der Waals surface area contributed by atoms with Crippen LogP contribution in [0.4, 0.5) is 0 Å². The van der Waals surface area contributed by atoms with Crippen molar-refractivity contribution in [3.8, 4) is 11.5 Å². The third kappa shape index (κ3) is 7.46. The van der Waals surface area contributed by atoms with E-state index in [-0.39, 0.29) is 6.61 Å². The lowest BCUT2D eigenvalue weighted by Crippen LogP contribution is -2.35. The van der Waals surface area contributed by atoms with Gasteiger partial charge in [-0.2, -0.15) is 0 Å². The molecular formula is C15H20Br3NO3. The van der Waals surface area contributed by atoms with E-state index in [2.05, 4.69) is 59.7 Å². The average Bonchev–Trinajstić information content (AvgIpc) is 2.44. The van der Waals surface area contributed by atoms with E-state index in [4.69, 9.17) is 9.47 Å². The van der Waals surface area contributed by atoms with Crippen molar-refractivity contribution in [2.24, 2.45) is 0 Å². The lowest BCUT2D eigenvalue weighted by molar-refractivity contribution is 0.102. The fourth-order valence-electron chi connectivity index (χ4n) is 1.51. The summed E-state index contributed by atoms with van der Waals surface area (Å²) >= 11 is 10.1. The summed E-state index contributed by atoms with van der Waals surface area (Å²) < 4.78 is 13.8. The summed E-state index contributed by atoms with van der Waals surface area (Å²) in [6.07, 6.45) is -0.594. The van der Waals surface area contributed by atoms with Crippen LogP contribution in [0.15, 0.2) is 32.1 Å². The fourth-order valence-corrected chi connectivity index (χ4v) is 2.27. The van der Waals surface area contributed by atoms with Gasteiger partial charge in [-0.3, -0.25) is 0 Å². The Kier molecular flexibility index (Phi) is 9.01. The Morgan fingerprint density at radius 2 is 1.77 bits per heavy atom. The molecule has 0 amide bonds. The Bertz CT molecular complexity index is 509. The Morgan fingerprint density at radius 1 is 1.23 bits per heavy atom. The molecule has 0 aromatic heterocycles. The third-order valence-corrected chi connectivity index (χ3v) is 4.64. The summed E-state index contributed by atoms with van der Waals surface area (Å²) in [6.45, 7) is 8.78. The summed E-state index contributed by atoms with van der Waals surface area (Å²) in [5.41, 5.74) is 0. The Labute approximate surface area is 156 Å². The number of halogens is 3. The smallest absolute Gasteiger partial charge is 0.162 e. The summed E-state index contributed by atoms with van der Waals surface area (Å²) in [7, 11) is 0. The monoisotopic (exact) mass is 499 g/mol. The molecule has 1 atom stereocenters. The highest BCUT2D eigenvalue weighted by atomic mass is 79.9. The van der Waals surface area contributed by atoms with Crippen LogP contribution < -0.4 is 14.8 Å². The molecule has 0 spiro atoms. The Hall–Kier alpha value is -0.0800. The van der Waals surface area contributed by atoms with Gasteiger partial charge in [0.25, 0.3) is 0 Å². The molecule has 4 nitrogen and oxygen atoms in total. The maximum atomic E-state index is 9.92. The van der Waals surface area contributed by atoms with Gasteiger partial charge in [0.1, 0.15) is 19.3 Å². The molecule has 124 valence electrons. The van der Waals surface area contributed by atoms with Crippen molar-refractivity contribution in [3.05, 3.63) is 32.1 Å². The van der Waals surface area contributed by atoms with E-state index in [0.717, 1.165) is 13.4 Å². The maximum absolute atomic E-state index is 9.92. The normalized spacial score (nSPS) is 12.3. The number of nitrogens with one attached hydrogen (secondary N) is 1. The Morgan fingerprint density at radius 3 is 2.27 bits per heavy atom. The van der Waals surface area contributed by atoms with E-state index in [9.17, 15) is 5.11 Å². The van der Waals surface area contributed by atoms with Gasteiger partial charge < -0.3 is 19.9 Å². The van der Waals surface area contributed by atoms with Gasteiger partial charge in [0.15, 0.2) is 11.5 Å². The van der Waals surface area contributed by atoms with E-state index in [1.54, 1.807) is 6.07 Å². The fraction of sp³-hybridized carbons (Fsp3) is 0.467. The molecule has 0 heterocycles. The number of aliphatic hydroxyl groups is 1. The molecule has 1 aromatic rings. The first-order chi connectivity index (χ1) is 10.3. The molecule has 0 radical (unpaired) electrons. The van der Waals surface area contributed by atoms with E-state index >= 15 is 0 Å². The molecule has 0 aliphatic carbocycles. The van der Waals surface area contributed by atoms with Gasteiger partial charge in [-0.1, -0.05) is 36.4 Å². The van der Waals surface area contributed by atoms with Crippen LogP contribution in [0.3, 0.4) is 0 Å². The van der Waals surface area contributed by atoms with Gasteiger partial charge in [0.2, 0.25) is 0 Å². The second kappa shape index (κ2) is 9.93. The van der Waals surface area contributed by atoms with Gasteiger partial charge >= 0.3 is 0 Å². The van der Waals surface area contributed by atoms with Crippen LogP contribution in [0, 0.1) is 0 Å². The number of hydrogen-bond acceptors (Lipinski definition) is 4. The van der Waals surface area contributed by atoms with Crippen molar-refractivity contribution >= 4 is 47.8 Å². The molecule has 0 aliphatic rings. The predicted octanol–water partition coefficient (Wildman–Crippen LogP) is 4.24. The zero-order valence-corrected chi connectivity index (χ0v) is 17.3. The first-order valence-electron chi connectivity index (χ1n) is 6.79. The van der Waals surface area contributed by atoms with Gasteiger partial charge in [0, 0.05) is 26.0 Å². The molecule has 7 heteroatoms. The van der Waals surface area contributed by atoms with Crippen LogP contribution in [0.1, 0.15) is 13.8 Å². The molecule has 0 saturated heterocycles. The molecule has 0 saturated carbocycles. The highest BCUT2D eigenvalue weighted by Crippen LogP contribution is 2.36. The Balaban J connectivity index is 2.70. The number of aliphatic hydroxyl groups excluding tert-OH is 1. The summed E-state index contributed by atoms with van der Waals surface area (Å²) in [6, 6.07) is 3.94. The van der Waals surface area contributed by atoms with Crippen molar-refractivity contribution in [1.82, 2.24) is 5.32 Å². The van der Waals surface area contributed by atoms with Gasteiger partial charge in [-0.25, -0.2) is 0 Å². The average molecular weight is 502 g/mol. The van der Waals surface area contributed by atoms with E-state index in [1.807, 2.05) is 19.9 Å². The largest absolute Gasteiger partial charge is 0.487 e. The van der Waals surface area contributed by atoms with Crippen molar-refractivity contribution in [2.75, 3.05) is 19.8 Å². The first-order valence-corrected chi connectivity index (χ1v) is 9.16. The second-order valence-electron chi connectivity index (χ2n) is 5.05. The maximum Gasteiger partial charge on any atom is 0.162 e. The molecule has 0 fully saturated rings. The van der Waals surface area contributed by atoms with Crippen molar-refractivity contribution in [3.63, 3.8) is 0 Å². The molecule has 1 unspecified atom stereocenters. The lowest BCUT2D eigenvalue weighted by Gasteiger charge is -2.17. The third-order valence-electron chi connectivity index (χ3n) is 2.56. The van der Waals surface area contributed by atoms with Crippen LogP contribution in [0.2, 0.25) is 0 Å². The zero-order chi connectivity index (χ0) is 16.7. The van der Waals surface area contributed by atoms with E-state index < -0.39 is 6.10 Å². The van der Waals surface area contributed by atoms with Gasteiger partial charge in [-0.05, 0) is 44.0 Å². The highest BCUT2D eigenvalue weighted by molar-refractivity contribution is 9.13. The standard InChI is InChI=1S/C15H20Br3NO3/c1-9(2)19-6-11(20)8-22-15-5-13(18)12(17)4-14(15)21-7-10(3)16/h4-5,9,11,19-20H,3,6-8H2,1-2H3. The van der Waals surface area contributed by atoms with Crippen LogP contribution in [0.5, 0.6) is 11.5 Å². The number of benzene rings is 1. The minimum Gasteiger partial charge on any atom is -0.487 e. The van der Waals surface area contributed by atoms with Crippen LogP contribution in [-0.4, -0.2) is 37.0 Å². The number of hydrogen-bond donors (Lipinski definition) is 2. The topological polar surface area (TPSA) is 50.7 Å². The summed E-state index contributed by atoms with van der Waals surface area (Å²) in [5.74, 6) is 1.15. The summed E-state index contributed by atoms with van der Waals surface area (Å²) in [5, 5.41) is 13.1. The van der Waals surface area contributed by atoms with E-state index in [1.165, 1.54) is 0 Å². The van der Waals surface area contributed by atoms with Crippen molar-refractivity contribution in [2.45, 2.75) is 26.0 Å². The minimum atomic E-state index is -0.594. The zero-order valence-electron chi connectivity index (χ0n) is 12.5. The van der Waals surface area contributed by atoms with Crippen LogP contribution in [0.25, 0.3) is 0 Å². The van der Waals surface area contributed by atoms with Gasteiger partial charge in [-0.15, -0.1) is 0 Å². The minimum absolute atomic E-state index is 0.180. The lowest BCUT2D eigenvalue weighted by atomic mass is 10.3. The molecular weight excluding hydrogens is 482 g/mol. The number of ether oxygens (including phenoxy) is 2. The van der Waals surface area contributed by atoms with E-state index in [0.29, 0.717) is 30.7 Å². The predicted molar refractivity (Wildman–Crippen MR) is 100 cm³/mol. The molecule has 1 rings (SSSR count). The van der Waals surface area contributed by atoms with Crippen molar-refractivity contribution < 1.29 is 14.6 Å². The van der Waals surface area contributed by atoms with Crippen LogP contribution >= 0.6 is 47.8 Å².